The number of amides is 1. The Morgan fingerprint density at radius 1 is 1.35 bits per heavy atom. The smallest absolute Gasteiger partial charge is 0.220 e. The maximum Gasteiger partial charge on any atom is 0.220 e. The Labute approximate surface area is 140 Å². The number of hydrogen-bond acceptors (Lipinski definition) is 3. The number of carbonyl (C=O) groups excluding carboxylic acids is 1. The lowest BCUT2D eigenvalue weighted by molar-refractivity contribution is -0.122. The van der Waals surface area contributed by atoms with Crippen LogP contribution in [0.2, 0.25) is 0 Å². The summed E-state index contributed by atoms with van der Waals surface area (Å²) in [6.45, 7) is 5.91. The summed E-state index contributed by atoms with van der Waals surface area (Å²) in [5, 5.41) is 3.04. The number of nitrogens with zero attached hydrogens (tertiary/aromatic N) is 1. The van der Waals surface area contributed by atoms with Gasteiger partial charge in [-0.3, -0.25) is 9.69 Å². The van der Waals surface area contributed by atoms with E-state index in [0.29, 0.717) is 24.9 Å². The van der Waals surface area contributed by atoms with Gasteiger partial charge in [-0.25, -0.2) is 0 Å². The Balaban J connectivity index is 1.82. The van der Waals surface area contributed by atoms with Crippen molar-refractivity contribution in [1.29, 1.82) is 0 Å². The molecule has 0 unspecified atom stereocenters. The summed E-state index contributed by atoms with van der Waals surface area (Å²) >= 11 is 0. The molecule has 0 aliphatic heterocycles. The molecule has 2 atom stereocenters. The molecule has 3 N–H and O–H groups in total. The van der Waals surface area contributed by atoms with Crippen molar-refractivity contribution in [2.45, 2.75) is 64.7 Å². The Morgan fingerprint density at radius 3 is 2.74 bits per heavy atom. The summed E-state index contributed by atoms with van der Waals surface area (Å²) in [7, 11) is 2.13. The van der Waals surface area contributed by atoms with Crippen LogP contribution in [-0.4, -0.2) is 29.9 Å². The number of hydrogen-bond donors (Lipinski definition) is 2. The van der Waals surface area contributed by atoms with Gasteiger partial charge in [-0.2, -0.15) is 0 Å². The van der Waals surface area contributed by atoms with Crippen molar-refractivity contribution >= 4 is 5.91 Å². The Bertz CT molecular complexity index is 515. The molecular formula is C19H31N3O. The second kappa shape index (κ2) is 8.46. The highest BCUT2D eigenvalue weighted by atomic mass is 16.1. The summed E-state index contributed by atoms with van der Waals surface area (Å²) in [6, 6.07) is 9.19. The van der Waals surface area contributed by atoms with E-state index < -0.39 is 0 Å². The van der Waals surface area contributed by atoms with E-state index in [1.54, 1.807) is 0 Å². The summed E-state index contributed by atoms with van der Waals surface area (Å²) in [5.41, 5.74) is 8.48. The molecule has 1 fully saturated rings. The summed E-state index contributed by atoms with van der Waals surface area (Å²) in [4.78, 5) is 14.4. The quantitative estimate of drug-likeness (QED) is 0.813. The van der Waals surface area contributed by atoms with Crippen LogP contribution in [0.4, 0.5) is 0 Å². The van der Waals surface area contributed by atoms with Gasteiger partial charge < -0.3 is 11.1 Å². The zero-order chi connectivity index (χ0) is 16.8. The van der Waals surface area contributed by atoms with Crippen LogP contribution in [0.5, 0.6) is 0 Å². The molecule has 4 nitrogen and oxygen atoms in total. The molecule has 1 aliphatic carbocycles. The second-order valence-electron chi connectivity index (χ2n) is 7.16. The highest BCUT2D eigenvalue weighted by Gasteiger charge is 2.25. The molecule has 1 aromatic carbocycles. The van der Waals surface area contributed by atoms with Crippen molar-refractivity contribution in [3.8, 4) is 0 Å². The second-order valence-corrected chi connectivity index (χ2v) is 7.16. The first-order valence-corrected chi connectivity index (χ1v) is 8.76. The summed E-state index contributed by atoms with van der Waals surface area (Å²) < 4.78 is 0. The molecule has 1 aromatic rings. The molecule has 1 saturated carbocycles. The third-order valence-corrected chi connectivity index (χ3v) is 4.96. The highest BCUT2D eigenvalue weighted by Crippen LogP contribution is 2.26. The predicted molar refractivity (Wildman–Crippen MR) is 94.8 cm³/mol. The molecule has 0 radical (unpaired) electrons. The van der Waals surface area contributed by atoms with Crippen molar-refractivity contribution in [3.05, 3.63) is 35.4 Å². The average Bonchev–Trinajstić information content (AvgIpc) is 2.90. The monoisotopic (exact) mass is 317 g/mol. The summed E-state index contributed by atoms with van der Waals surface area (Å²) in [6.07, 6.45) is 3.87. The van der Waals surface area contributed by atoms with E-state index in [2.05, 4.69) is 55.4 Å². The van der Waals surface area contributed by atoms with E-state index in [9.17, 15) is 4.79 Å². The first-order valence-electron chi connectivity index (χ1n) is 8.76. The Morgan fingerprint density at radius 2 is 2.09 bits per heavy atom. The van der Waals surface area contributed by atoms with Crippen molar-refractivity contribution in [2.24, 2.45) is 11.7 Å². The van der Waals surface area contributed by atoms with Gasteiger partial charge in [0, 0.05) is 31.6 Å². The Kier molecular flexibility index (Phi) is 6.60. The minimum absolute atomic E-state index is 0.122. The van der Waals surface area contributed by atoms with Gasteiger partial charge in [0.2, 0.25) is 5.91 Å². The average molecular weight is 317 g/mol. The lowest BCUT2D eigenvalue weighted by Crippen LogP contribution is -2.31. The minimum atomic E-state index is 0.122. The SMILES string of the molecule is CC(C)N(C)Cc1cccc(CNC(=O)C[C@@H]2CCC[C@H]2N)c1. The summed E-state index contributed by atoms with van der Waals surface area (Å²) in [5.74, 6) is 0.484. The van der Waals surface area contributed by atoms with Crippen molar-refractivity contribution < 1.29 is 4.79 Å². The van der Waals surface area contributed by atoms with Crippen LogP contribution >= 0.6 is 0 Å². The van der Waals surface area contributed by atoms with Gasteiger partial charge in [-0.1, -0.05) is 30.7 Å². The first-order chi connectivity index (χ1) is 11.0. The standard InChI is InChI=1S/C19H31N3O/c1-14(2)22(3)13-16-7-4-6-15(10-16)12-21-19(23)11-17-8-5-9-18(17)20/h4,6-7,10,14,17-18H,5,8-9,11-13,20H2,1-3H3,(H,21,23)/t17-,18+/m0/s1. The normalized spacial score (nSPS) is 21.1. The van der Waals surface area contributed by atoms with Crippen LogP contribution in [0.1, 0.15) is 50.7 Å². The van der Waals surface area contributed by atoms with Gasteiger partial charge in [0.1, 0.15) is 0 Å². The van der Waals surface area contributed by atoms with Crippen LogP contribution in [-0.2, 0) is 17.9 Å². The molecule has 0 aromatic heterocycles. The Hall–Kier alpha value is -1.39. The largest absolute Gasteiger partial charge is 0.352 e. The highest BCUT2D eigenvalue weighted by molar-refractivity contribution is 5.76. The number of rotatable bonds is 7. The van der Waals surface area contributed by atoms with Crippen LogP contribution in [0.25, 0.3) is 0 Å². The molecular weight excluding hydrogens is 286 g/mol. The third-order valence-electron chi connectivity index (χ3n) is 4.96. The zero-order valence-electron chi connectivity index (χ0n) is 14.7. The van der Waals surface area contributed by atoms with Crippen LogP contribution in [0.15, 0.2) is 24.3 Å². The van der Waals surface area contributed by atoms with Crippen LogP contribution < -0.4 is 11.1 Å². The fraction of sp³-hybridized carbons (Fsp3) is 0.632. The van der Waals surface area contributed by atoms with E-state index in [0.717, 1.165) is 31.4 Å². The first kappa shape index (κ1) is 18.0. The van der Waals surface area contributed by atoms with Crippen molar-refractivity contribution in [1.82, 2.24) is 10.2 Å². The zero-order valence-corrected chi connectivity index (χ0v) is 14.7. The van der Waals surface area contributed by atoms with Gasteiger partial charge in [-0.05, 0) is 50.8 Å². The maximum atomic E-state index is 12.1. The molecule has 128 valence electrons. The lowest BCUT2D eigenvalue weighted by Gasteiger charge is -2.21. The van der Waals surface area contributed by atoms with E-state index in [-0.39, 0.29) is 11.9 Å². The van der Waals surface area contributed by atoms with Crippen LogP contribution in [0, 0.1) is 5.92 Å². The number of carbonyl (C=O) groups is 1. The fourth-order valence-electron chi connectivity index (χ4n) is 3.14. The molecule has 0 saturated heterocycles. The van der Waals surface area contributed by atoms with Gasteiger partial charge in [-0.15, -0.1) is 0 Å². The number of nitrogens with one attached hydrogen (secondary N) is 1. The maximum absolute atomic E-state index is 12.1. The van der Waals surface area contributed by atoms with E-state index in [1.807, 2.05) is 0 Å². The molecule has 0 bridgehead atoms. The fourth-order valence-corrected chi connectivity index (χ4v) is 3.14. The van der Waals surface area contributed by atoms with Gasteiger partial charge in [0.05, 0.1) is 0 Å². The van der Waals surface area contributed by atoms with Gasteiger partial charge in [0.15, 0.2) is 0 Å². The molecule has 0 heterocycles. The molecule has 2 rings (SSSR count). The molecule has 0 spiro atoms. The van der Waals surface area contributed by atoms with E-state index in [4.69, 9.17) is 5.73 Å². The van der Waals surface area contributed by atoms with E-state index >= 15 is 0 Å². The molecule has 1 amide bonds. The predicted octanol–water partition coefficient (Wildman–Crippen LogP) is 2.66. The molecule has 23 heavy (non-hydrogen) atoms. The lowest BCUT2D eigenvalue weighted by atomic mass is 10.00. The topological polar surface area (TPSA) is 58.4 Å². The van der Waals surface area contributed by atoms with Gasteiger partial charge in [0.25, 0.3) is 0 Å². The number of nitrogens with two attached hydrogens (primary N) is 1. The van der Waals surface area contributed by atoms with Gasteiger partial charge >= 0.3 is 0 Å². The minimum Gasteiger partial charge on any atom is -0.352 e. The molecule has 1 aliphatic rings. The number of benzene rings is 1. The van der Waals surface area contributed by atoms with Crippen molar-refractivity contribution in [3.63, 3.8) is 0 Å². The third kappa shape index (κ3) is 5.63. The van der Waals surface area contributed by atoms with Crippen molar-refractivity contribution in [2.75, 3.05) is 7.05 Å². The molecule has 4 heteroatoms. The van der Waals surface area contributed by atoms with E-state index in [1.165, 1.54) is 5.56 Å². The van der Waals surface area contributed by atoms with Crippen LogP contribution in [0.3, 0.4) is 0 Å².